The fraction of sp³-hybridized carbons (Fsp3) is 0.533. The molecule has 3 nitrogen and oxygen atoms in total. The highest BCUT2D eigenvalue weighted by molar-refractivity contribution is 6.31. The minimum absolute atomic E-state index is 0.0566. The summed E-state index contributed by atoms with van der Waals surface area (Å²) in [6, 6.07) is 5.60. The standard InChI is InChI=1S/C15H19ClN2O/c1-15(2,10-4-3-7-17-9-10)14-18-12-6-5-11(16)8-13(12)19-14/h5-6,8,10,17H,3-4,7,9H2,1-2H3. The Morgan fingerprint density at radius 2 is 2.26 bits per heavy atom. The van der Waals surface area contributed by atoms with Crippen LogP contribution in [0.4, 0.5) is 0 Å². The summed E-state index contributed by atoms with van der Waals surface area (Å²) in [6.07, 6.45) is 2.44. The van der Waals surface area contributed by atoms with Gasteiger partial charge in [-0.3, -0.25) is 0 Å². The lowest BCUT2D eigenvalue weighted by atomic mass is 9.75. The molecule has 4 heteroatoms. The van der Waals surface area contributed by atoms with Crippen LogP contribution in [0.5, 0.6) is 0 Å². The predicted molar refractivity (Wildman–Crippen MR) is 77.6 cm³/mol. The normalized spacial score (nSPS) is 20.9. The van der Waals surface area contributed by atoms with E-state index in [-0.39, 0.29) is 5.41 Å². The molecule has 2 heterocycles. The molecule has 3 rings (SSSR count). The number of hydrogen-bond acceptors (Lipinski definition) is 3. The molecule has 1 fully saturated rings. The van der Waals surface area contributed by atoms with Crippen LogP contribution < -0.4 is 5.32 Å². The van der Waals surface area contributed by atoms with Crippen molar-refractivity contribution in [1.82, 2.24) is 10.3 Å². The number of aromatic nitrogens is 1. The molecule has 1 unspecified atom stereocenters. The second-order valence-corrected chi connectivity index (χ2v) is 6.33. The molecule has 0 spiro atoms. The quantitative estimate of drug-likeness (QED) is 0.909. The molecule has 0 radical (unpaired) electrons. The van der Waals surface area contributed by atoms with E-state index in [1.807, 2.05) is 18.2 Å². The van der Waals surface area contributed by atoms with E-state index in [0.29, 0.717) is 10.9 Å². The van der Waals surface area contributed by atoms with Gasteiger partial charge in [-0.2, -0.15) is 0 Å². The average Bonchev–Trinajstić information content (AvgIpc) is 2.83. The topological polar surface area (TPSA) is 38.1 Å². The molecule has 0 bridgehead atoms. The van der Waals surface area contributed by atoms with E-state index >= 15 is 0 Å². The Morgan fingerprint density at radius 3 is 3.00 bits per heavy atom. The van der Waals surface area contributed by atoms with Crippen molar-refractivity contribution in [3.63, 3.8) is 0 Å². The zero-order chi connectivity index (χ0) is 13.5. The third-order valence-electron chi connectivity index (χ3n) is 4.22. The number of fused-ring (bicyclic) bond motifs is 1. The molecule has 1 aliphatic heterocycles. The summed E-state index contributed by atoms with van der Waals surface area (Å²) < 4.78 is 5.94. The maximum Gasteiger partial charge on any atom is 0.201 e. The summed E-state index contributed by atoms with van der Waals surface area (Å²) in [5.41, 5.74) is 1.61. The highest BCUT2D eigenvalue weighted by Gasteiger charge is 2.36. The molecule has 1 aromatic carbocycles. The minimum Gasteiger partial charge on any atom is -0.440 e. The first kappa shape index (κ1) is 12.9. The predicted octanol–water partition coefficient (Wildman–Crippen LogP) is 3.76. The number of oxazole rings is 1. The summed E-state index contributed by atoms with van der Waals surface area (Å²) >= 11 is 5.99. The van der Waals surface area contributed by atoms with Gasteiger partial charge in [-0.15, -0.1) is 0 Å². The highest BCUT2D eigenvalue weighted by Crippen LogP contribution is 2.36. The first-order valence-electron chi connectivity index (χ1n) is 6.84. The maximum absolute atomic E-state index is 5.99. The molecule has 1 N–H and O–H groups in total. The molecule has 0 saturated carbocycles. The monoisotopic (exact) mass is 278 g/mol. The molecule has 102 valence electrons. The minimum atomic E-state index is -0.0566. The summed E-state index contributed by atoms with van der Waals surface area (Å²) in [6.45, 7) is 6.59. The van der Waals surface area contributed by atoms with Gasteiger partial charge in [0.05, 0.1) is 0 Å². The molecule has 0 amide bonds. The van der Waals surface area contributed by atoms with Gasteiger partial charge in [0, 0.05) is 16.5 Å². The molecular formula is C15H19ClN2O. The third-order valence-corrected chi connectivity index (χ3v) is 4.45. The van der Waals surface area contributed by atoms with Gasteiger partial charge in [0.25, 0.3) is 0 Å². The van der Waals surface area contributed by atoms with Gasteiger partial charge >= 0.3 is 0 Å². The SMILES string of the molecule is CC(C)(c1nc2ccc(Cl)cc2o1)C1CCCNC1. The number of nitrogens with one attached hydrogen (secondary N) is 1. The molecule has 1 aromatic heterocycles. The summed E-state index contributed by atoms with van der Waals surface area (Å²) in [5.74, 6) is 1.38. The lowest BCUT2D eigenvalue weighted by Crippen LogP contribution is -2.40. The zero-order valence-electron chi connectivity index (χ0n) is 11.4. The Kier molecular flexibility index (Phi) is 3.27. The van der Waals surface area contributed by atoms with Crippen LogP contribution in [0.15, 0.2) is 22.6 Å². The fourth-order valence-corrected chi connectivity index (χ4v) is 2.98. The van der Waals surface area contributed by atoms with E-state index in [2.05, 4.69) is 24.1 Å². The van der Waals surface area contributed by atoms with Crippen molar-refractivity contribution in [1.29, 1.82) is 0 Å². The van der Waals surface area contributed by atoms with Gasteiger partial charge in [-0.1, -0.05) is 25.4 Å². The van der Waals surface area contributed by atoms with Crippen molar-refractivity contribution in [2.75, 3.05) is 13.1 Å². The first-order valence-corrected chi connectivity index (χ1v) is 7.22. The van der Waals surface area contributed by atoms with E-state index in [1.165, 1.54) is 12.8 Å². The Morgan fingerprint density at radius 1 is 1.42 bits per heavy atom. The molecular weight excluding hydrogens is 260 g/mol. The van der Waals surface area contributed by atoms with Gasteiger partial charge in [0.15, 0.2) is 5.58 Å². The van der Waals surface area contributed by atoms with Crippen molar-refractivity contribution < 1.29 is 4.42 Å². The fourth-order valence-electron chi connectivity index (χ4n) is 2.82. The second-order valence-electron chi connectivity index (χ2n) is 5.90. The lowest BCUT2D eigenvalue weighted by molar-refractivity contribution is 0.215. The molecule has 1 aliphatic rings. The number of piperidine rings is 1. The van der Waals surface area contributed by atoms with Gasteiger partial charge in [0.1, 0.15) is 5.52 Å². The third kappa shape index (κ3) is 2.37. The molecule has 0 aliphatic carbocycles. The maximum atomic E-state index is 5.99. The Bertz CT molecular complexity index is 585. The van der Waals surface area contributed by atoms with Crippen LogP contribution in [0.25, 0.3) is 11.1 Å². The summed E-state index contributed by atoms with van der Waals surface area (Å²) in [7, 11) is 0. The molecule has 1 saturated heterocycles. The van der Waals surface area contributed by atoms with Gasteiger partial charge in [0.2, 0.25) is 5.89 Å². The molecule has 19 heavy (non-hydrogen) atoms. The highest BCUT2D eigenvalue weighted by atomic mass is 35.5. The van der Waals surface area contributed by atoms with E-state index in [4.69, 9.17) is 16.0 Å². The largest absolute Gasteiger partial charge is 0.440 e. The van der Waals surface area contributed by atoms with Crippen molar-refractivity contribution in [2.24, 2.45) is 5.92 Å². The summed E-state index contributed by atoms with van der Waals surface area (Å²) in [4.78, 5) is 4.65. The number of benzene rings is 1. The summed E-state index contributed by atoms with van der Waals surface area (Å²) in [5, 5.41) is 4.15. The molecule has 2 aromatic rings. The zero-order valence-corrected chi connectivity index (χ0v) is 12.1. The number of halogens is 1. The second kappa shape index (κ2) is 4.80. The van der Waals surface area contributed by atoms with Crippen LogP contribution in [0.3, 0.4) is 0 Å². The van der Waals surface area contributed by atoms with Crippen LogP contribution in [0, 0.1) is 5.92 Å². The van der Waals surface area contributed by atoms with Crippen molar-refractivity contribution in [3.05, 3.63) is 29.1 Å². The van der Waals surface area contributed by atoms with Crippen LogP contribution in [-0.2, 0) is 5.41 Å². The van der Waals surface area contributed by atoms with E-state index in [9.17, 15) is 0 Å². The average molecular weight is 279 g/mol. The smallest absolute Gasteiger partial charge is 0.201 e. The Labute approximate surface area is 118 Å². The van der Waals surface area contributed by atoms with Crippen LogP contribution in [0.1, 0.15) is 32.6 Å². The number of nitrogens with zero attached hydrogens (tertiary/aromatic N) is 1. The number of hydrogen-bond donors (Lipinski definition) is 1. The Hall–Kier alpha value is -1.06. The van der Waals surface area contributed by atoms with E-state index in [1.54, 1.807) is 0 Å². The Balaban J connectivity index is 1.97. The lowest BCUT2D eigenvalue weighted by Gasteiger charge is -2.34. The first-order chi connectivity index (χ1) is 9.07. The van der Waals surface area contributed by atoms with E-state index in [0.717, 1.165) is 30.1 Å². The van der Waals surface area contributed by atoms with E-state index < -0.39 is 0 Å². The van der Waals surface area contributed by atoms with Crippen molar-refractivity contribution in [3.8, 4) is 0 Å². The van der Waals surface area contributed by atoms with Gasteiger partial charge < -0.3 is 9.73 Å². The molecule has 1 atom stereocenters. The van der Waals surface area contributed by atoms with Crippen LogP contribution >= 0.6 is 11.6 Å². The van der Waals surface area contributed by atoms with Crippen molar-refractivity contribution in [2.45, 2.75) is 32.1 Å². The van der Waals surface area contributed by atoms with Crippen LogP contribution in [0.2, 0.25) is 5.02 Å². The van der Waals surface area contributed by atoms with Crippen molar-refractivity contribution >= 4 is 22.7 Å². The van der Waals surface area contributed by atoms with Gasteiger partial charge in [-0.25, -0.2) is 4.98 Å². The number of rotatable bonds is 2. The van der Waals surface area contributed by atoms with Crippen LogP contribution in [-0.4, -0.2) is 18.1 Å². The van der Waals surface area contributed by atoms with Gasteiger partial charge in [-0.05, 0) is 44.0 Å².